The van der Waals surface area contributed by atoms with Gasteiger partial charge in [-0.1, -0.05) is 41.9 Å². The van der Waals surface area contributed by atoms with Gasteiger partial charge in [0.15, 0.2) is 5.82 Å². The maximum Gasteiger partial charge on any atom is 0.260 e. The van der Waals surface area contributed by atoms with Gasteiger partial charge in [0.2, 0.25) is 0 Å². The van der Waals surface area contributed by atoms with Crippen LogP contribution >= 0.6 is 15.9 Å². The van der Waals surface area contributed by atoms with Gasteiger partial charge in [0.25, 0.3) is 5.89 Å². The van der Waals surface area contributed by atoms with Crippen LogP contribution in [0, 0.1) is 5.41 Å². The first-order valence-corrected chi connectivity index (χ1v) is 6.52. The van der Waals surface area contributed by atoms with E-state index in [2.05, 4.69) is 46.8 Å². The van der Waals surface area contributed by atoms with Crippen molar-refractivity contribution in [2.24, 2.45) is 5.41 Å². The van der Waals surface area contributed by atoms with Crippen molar-refractivity contribution in [3.63, 3.8) is 0 Å². The summed E-state index contributed by atoms with van der Waals surface area (Å²) in [4.78, 5) is 4.39. The van der Waals surface area contributed by atoms with Gasteiger partial charge in [0.1, 0.15) is 0 Å². The van der Waals surface area contributed by atoms with E-state index in [0.717, 1.165) is 16.5 Å². The van der Waals surface area contributed by atoms with Crippen molar-refractivity contribution in [3.05, 3.63) is 28.5 Å². The van der Waals surface area contributed by atoms with Gasteiger partial charge in [0.05, 0.1) is 5.56 Å². The second-order valence-corrected chi connectivity index (χ2v) is 6.40. The molecule has 4 nitrogen and oxygen atoms in total. The maximum atomic E-state index is 5.91. The van der Waals surface area contributed by atoms with Gasteiger partial charge in [-0.15, -0.1) is 0 Å². The summed E-state index contributed by atoms with van der Waals surface area (Å²) in [6, 6.07) is 5.57. The molecule has 0 aliphatic carbocycles. The highest BCUT2D eigenvalue weighted by molar-refractivity contribution is 9.10. The fourth-order valence-electron chi connectivity index (χ4n) is 1.62. The van der Waals surface area contributed by atoms with Crippen molar-refractivity contribution in [1.29, 1.82) is 0 Å². The average molecular weight is 310 g/mol. The standard InChI is InChI=1S/C13H16BrN3O/c1-13(2,3)7-11-16-12(18-17-11)9-6-8(14)4-5-10(9)15/h4-6H,7,15H2,1-3H3. The van der Waals surface area contributed by atoms with Crippen LogP contribution in [0.4, 0.5) is 5.69 Å². The summed E-state index contributed by atoms with van der Waals surface area (Å²) < 4.78 is 6.20. The van der Waals surface area contributed by atoms with Gasteiger partial charge < -0.3 is 10.3 Å². The van der Waals surface area contributed by atoms with Crippen molar-refractivity contribution < 1.29 is 4.52 Å². The molecule has 0 bridgehead atoms. The highest BCUT2D eigenvalue weighted by Gasteiger charge is 2.17. The third-order valence-corrected chi connectivity index (χ3v) is 2.90. The molecule has 0 aliphatic rings. The van der Waals surface area contributed by atoms with Crippen molar-refractivity contribution >= 4 is 21.6 Å². The molecule has 0 unspecified atom stereocenters. The van der Waals surface area contributed by atoms with Gasteiger partial charge in [-0.2, -0.15) is 4.98 Å². The zero-order valence-electron chi connectivity index (χ0n) is 10.7. The molecule has 96 valence electrons. The van der Waals surface area contributed by atoms with Crippen LogP contribution in [0.5, 0.6) is 0 Å². The van der Waals surface area contributed by atoms with E-state index in [0.29, 0.717) is 17.4 Å². The first-order valence-electron chi connectivity index (χ1n) is 5.73. The minimum atomic E-state index is 0.129. The fraction of sp³-hybridized carbons (Fsp3) is 0.385. The van der Waals surface area contributed by atoms with E-state index in [9.17, 15) is 0 Å². The Balaban J connectivity index is 2.32. The molecule has 2 aromatic rings. The second kappa shape index (κ2) is 4.72. The number of nitrogens with zero attached hydrogens (tertiary/aromatic N) is 2. The molecule has 2 N–H and O–H groups in total. The molecule has 1 aromatic carbocycles. The van der Waals surface area contributed by atoms with Crippen LogP contribution in [0.1, 0.15) is 26.6 Å². The molecule has 2 rings (SSSR count). The van der Waals surface area contributed by atoms with Gasteiger partial charge in [0, 0.05) is 16.6 Å². The lowest BCUT2D eigenvalue weighted by molar-refractivity contribution is 0.374. The molecule has 0 saturated heterocycles. The Hall–Kier alpha value is -1.36. The molecule has 0 aliphatic heterocycles. The SMILES string of the molecule is CC(C)(C)Cc1noc(-c2cc(Br)ccc2N)n1. The van der Waals surface area contributed by atoms with Gasteiger partial charge in [-0.05, 0) is 23.6 Å². The largest absolute Gasteiger partial charge is 0.398 e. The first-order chi connectivity index (χ1) is 8.35. The number of benzene rings is 1. The number of aromatic nitrogens is 2. The molecule has 1 heterocycles. The Kier molecular flexibility index (Phi) is 3.43. The van der Waals surface area contributed by atoms with Crippen LogP contribution in [-0.4, -0.2) is 10.1 Å². The molecule has 18 heavy (non-hydrogen) atoms. The Morgan fingerprint density at radius 2 is 2.06 bits per heavy atom. The normalized spacial score (nSPS) is 11.8. The zero-order chi connectivity index (χ0) is 13.3. The van der Waals surface area contributed by atoms with Crippen LogP contribution < -0.4 is 5.73 Å². The lowest BCUT2D eigenvalue weighted by atomic mass is 9.92. The van der Waals surface area contributed by atoms with E-state index in [-0.39, 0.29) is 5.41 Å². The molecule has 0 spiro atoms. The Labute approximate surface area is 115 Å². The first kappa shape index (κ1) is 13.1. The number of anilines is 1. The Bertz CT molecular complexity index is 558. The fourth-order valence-corrected chi connectivity index (χ4v) is 1.98. The average Bonchev–Trinajstić information content (AvgIpc) is 2.67. The van der Waals surface area contributed by atoms with E-state index in [1.54, 1.807) is 0 Å². The van der Waals surface area contributed by atoms with Crippen molar-refractivity contribution in [2.75, 3.05) is 5.73 Å². The monoisotopic (exact) mass is 309 g/mol. The predicted molar refractivity (Wildman–Crippen MR) is 75.0 cm³/mol. The number of hydrogen-bond acceptors (Lipinski definition) is 4. The summed E-state index contributed by atoms with van der Waals surface area (Å²) in [5, 5.41) is 3.99. The maximum absolute atomic E-state index is 5.91. The second-order valence-electron chi connectivity index (χ2n) is 5.48. The number of nitrogen functional groups attached to an aromatic ring is 1. The number of rotatable bonds is 2. The van der Waals surface area contributed by atoms with Crippen molar-refractivity contribution in [1.82, 2.24) is 10.1 Å². The number of halogens is 1. The van der Waals surface area contributed by atoms with Crippen LogP contribution in [0.2, 0.25) is 0 Å². The van der Waals surface area contributed by atoms with Crippen molar-refractivity contribution in [3.8, 4) is 11.5 Å². The topological polar surface area (TPSA) is 64.9 Å². The van der Waals surface area contributed by atoms with E-state index in [1.165, 1.54) is 0 Å². The summed E-state index contributed by atoms with van der Waals surface area (Å²) >= 11 is 3.40. The smallest absolute Gasteiger partial charge is 0.260 e. The zero-order valence-corrected chi connectivity index (χ0v) is 12.3. The van der Waals surface area contributed by atoms with Crippen LogP contribution in [0.15, 0.2) is 27.2 Å². The van der Waals surface area contributed by atoms with Gasteiger partial charge >= 0.3 is 0 Å². The Morgan fingerprint density at radius 1 is 1.33 bits per heavy atom. The number of hydrogen-bond donors (Lipinski definition) is 1. The molecular formula is C13H16BrN3O. The molecule has 5 heteroatoms. The molecule has 0 saturated carbocycles. The minimum absolute atomic E-state index is 0.129. The number of nitrogens with two attached hydrogens (primary N) is 1. The highest BCUT2D eigenvalue weighted by atomic mass is 79.9. The molecule has 0 radical (unpaired) electrons. The van der Waals surface area contributed by atoms with E-state index in [1.807, 2.05) is 18.2 Å². The third kappa shape index (κ3) is 3.10. The summed E-state index contributed by atoms with van der Waals surface area (Å²) in [5.74, 6) is 1.17. The Morgan fingerprint density at radius 3 is 2.72 bits per heavy atom. The predicted octanol–water partition coefficient (Wildman–Crippen LogP) is 3.67. The van der Waals surface area contributed by atoms with E-state index in [4.69, 9.17) is 10.3 Å². The van der Waals surface area contributed by atoms with E-state index >= 15 is 0 Å². The molecule has 1 aromatic heterocycles. The van der Waals surface area contributed by atoms with Gasteiger partial charge in [-0.3, -0.25) is 0 Å². The third-order valence-electron chi connectivity index (χ3n) is 2.40. The molecule has 0 fully saturated rings. The minimum Gasteiger partial charge on any atom is -0.398 e. The van der Waals surface area contributed by atoms with Crippen molar-refractivity contribution in [2.45, 2.75) is 27.2 Å². The summed E-state index contributed by atoms with van der Waals surface area (Å²) in [6.07, 6.45) is 0.768. The quantitative estimate of drug-likeness (QED) is 0.860. The lowest BCUT2D eigenvalue weighted by Gasteiger charge is -2.14. The summed E-state index contributed by atoms with van der Waals surface area (Å²) in [5.41, 5.74) is 7.43. The molecular weight excluding hydrogens is 294 g/mol. The molecule has 0 amide bonds. The van der Waals surface area contributed by atoms with Crippen LogP contribution in [0.25, 0.3) is 11.5 Å². The summed E-state index contributed by atoms with van der Waals surface area (Å²) in [6.45, 7) is 6.41. The highest BCUT2D eigenvalue weighted by Crippen LogP contribution is 2.28. The van der Waals surface area contributed by atoms with Gasteiger partial charge in [-0.25, -0.2) is 0 Å². The lowest BCUT2D eigenvalue weighted by Crippen LogP contribution is -2.10. The molecule has 0 atom stereocenters. The van der Waals surface area contributed by atoms with Crippen LogP contribution in [0.3, 0.4) is 0 Å². The summed E-state index contributed by atoms with van der Waals surface area (Å²) in [7, 11) is 0. The van der Waals surface area contributed by atoms with E-state index < -0.39 is 0 Å². The van der Waals surface area contributed by atoms with Crippen LogP contribution in [-0.2, 0) is 6.42 Å².